The number of benzene rings is 1. The fraction of sp³-hybridized carbons (Fsp3) is 0.562. The van der Waals surface area contributed by atoms with Crippen molar-refractivity contribution in [1.29, 1.82) is 0 Å². The number of esters is 1. The molecule has 0 saturated carbocycles. The topological polar surface area (TPSA) is 47.6 Å². The molecule has 0 bridgehead atoms. The summed E-state index contributed by atoms with van der Waals surface area (Å²) in [5, 5.41) is 2.87. The highest BCUT2D eigenvalue weighted by Gasteiger charge is 2.19. The molecule has 0 aliphatic rings. The average molecular weight is 279 g/mol. The summed E-state index contributed by atoms with van der Waals surface area (Å²) in [5.41, 5.74) is 1.45. The zero-order valence-corrected chi connectivity index (χ0v) is 13.0. The highest BCUT2D eigenvalue weighted by atomic mass is 16.5. The highest BCUT2D eigenvalue weighted by molar-refractivity contribution is 5.75. The van der Waals surface area contributed by atoms with Gasteiger partial charge in [0.2, 0.25) is 0 Å². The molecular formula is C16H25NO3. The van der Waals surface area contributed by atoms with Crippen LogP contribution in [0.25, 0.3) is 0 Å². The largest absolute Gasteiger partial charge is 0.491 e. The predicted molar refractivity (Wildman–Crippen MR) is 80.1 cm³/mol. The second-order valence-electron chi connectivity index (χ2n) is 5.44. The summed E-state index contributed by atoms with van der Waals surface area (Å²) in [7, 11) is 3.08. The molecule has 0 spiro atoms. The van der Waals surface area contributed by atoms with Gasteiger partial charge >= 0.3 is 5.97 Å². The fourth-order valence-electron chi connectivity index (χ4n) is 1.80. The van der Waals surface area contributed by atoms with Crippen LogP contribution in [0.4, 0.5) is 0 Å². The van der Waals surface area contributed by atoms with E-state index >= 15 is 0 Å². The van der Waals surface area contributed by atoms with E-state index in [1.165, 1.54) is 12.7 Å². The SMILES string of the molecule is CCC(C)(C)c1ccc(OCC(NC)C(=O)OC)cc1. The van der Waals surface area contributed by atoms with Crippen LogP contribution in [0.5, 0.6) is 5.75 Å². The van der Waals surface area contributed by atoms with E-state index in [2.05, 4.69) is 43.0 Å². The Morgan fingerprint density at radius 3 is 2.35 bits per heavy atom. The molecule has 1 aromatic carbocycles. The normalized spacial score (nSPS) is 12.8. The molecule has 1 rings (SSSR count). The first kappa shape index (κ1) is 16.5. The maximum absolute atomic E-state index is 11.4. The Balaban J connectivity index is 2.64. The van der Waals surface area contributed by atoms with E-state index in [1.54, 1.807) is 7.05 Å². The van der Waals surface area contributed by atoms with Crippen LogP contribution in [0, 0.1) is 0 Å². The molecule has 0 amide bonds. The van der Waals surface area contributed by atoms with Crippen molar-refractivity contribution in [2.75, 3.05) is 20.8 Å². The second kappa shape index (κ2) is 7.29. The third kappa shape index (κ3) is 4.23. The molecular weight excluding hydrogens is 254 g/mol. The Labute approximate surface area is 121 Å². The maximum atomic E-state index is 11.4. The van der Waals surface area contributed by atoms with Crippen LogP contribution >= 0.6 is 0 Å². The Morgan fingerprint density at radius 2 is 1.90 bits per heavy atom. The minimum atomic E-state index is -0.452. The molecule has 1 unspecified atom stereocenters. The molecule has 0 heterocycles. The van der Waals surface area contributed by atoms with Crippen LogP contribution in [0.2, 0.25) is 0 Å². The Bertz CT molecular complexity index is 426. The van der Waals surface area contributed by atoms with Crippen molar-refractivity contribution < 1.29 is 14.3 Å². The molecule has 1 atom stereocenters. The lowest BCUT2D eigenvalue weighted by Crippen LogP contribution is -2.40. The van der Waals surface area contributed by atoms with E-state index < -0.39 is 6.04 Å². The zero-order chi connectivity index (χ0) is 15.2. The third-order valence-corrected chi connectivity index (χ3v) is 3.77. The van der Waals surface area contributed by atoms with Gasteiger partial charge in [0.05, 0.1) is 7.11 Å². The summed E-state index contributed by atoms with van der Waals surface area (Å²) in [6.07, 6.45) is 1.08. The monoisotopic (exact) mass is 279 g/mol. The van der Waals surface area contributed by atoms with Gasteiger partial charge in [-0.2, -0.15) is 0 Å². The lowest BCUT2D eigenvalue weighted by Gasteiger charge is -2.23. The van der Waals surface area contributed by atoms with Crippen molar-refractivity contribution in [2.45, 2.75) is 38.6 Å². The standard InChI is InChI=1S/C16H25NO3/c1-6-16(2,3)12-7-9-13(10-8-12)20-11-14(17-4)15(18)19-5/h7-10,14,17H,6,11H2,1-5H3. The van der Waals surface area contributed by atoms with Crippen molar-refractivity contribution in [2.24, 2.45) is 0 Å². The summed E-state index contributed by atoms with van der Waals surface area (Å²) in [4.78, 5) is 11.4. The zero-order valence-electron chi connectivity index (χ0n) is 13.0. The van der Waals surface area contributed by atoms with Crippen LogP contribution in [0.15, 0.2) is 24.3 Å². The van der Waals surface area contributed by atoms with Crippen LogP contribution in [0.3, 0.4) is 0 Å². The van der Waals surface area contributed by atoms with Gasteiger partial charge in [-0.25, -0.2) is 0 Å². The number of hydrogen-bond acceptors (Lipinski definition) is 4. The van der Waals surface area contributed by atoms with Gasteiger partial charge in [0.25, 0.3) is 0 Å². The number of hydrogen-bond donors (Lipinski definition) is 1. The van der Waals surface area contributed by atoms with Gasteiger partial charge in [-0.05, 0) is 36.6 Å². The summed E-state index contributed by atoms with van der Waals surface area (Å²) in [6.45, 7) is 6.87. The van der Waals surface area contributed by atoms with E-state index in [4.69, 9.17) is 4.74 Å². The summed E-state index contributed by atoms with van der Waals surface area (Å²) >= 11 is 0. The minimum Gasteiger partial charge on any atom is -0.491 e. The number of carbonyl (C=O) groups is 1. The molecule has 20 heavy (non-hydrogen) atoms. The molecule has 1 aromatic rings. The van der Waals surface area contributed by atoms with Crippen molar-refractivity contribution in [3.05, 3.63) is 29.8 Å². The minimum absolute atomic E-state index is 0.165. The molecule has 0 fully saturated rings. The summed E-state index contributed by atoms with van der Waals surface area (Å²) in [6, 6.07) is 7.58. The molecule has 1 N–H and O–H groups in total. The predicted octanol–water partition coefficient (Wildman–Crippen LogP) is 2.51. The van der Waals surface area contributed by atoms with E-state index in [0.717, 1.165) is 12.2 Å². The van der Waals surface area contributed by atoms with Gasteiger partial charge in [0.15, 0.2) is 0 Å². The highest BCUT2D eigenvalue weighted by Crippen LogP contribution is 2.28. The molecule has 0 radical (unpaired) electrons. The van der Waals surface area contributed by atoms with Gasteiger partial charge in [-0.15, -0.1) is 0 Å². The smallest absolute Gasteiger partial charge is 0.326 e. The number of nitrogens with one attached hydrogen (secondary N) is 1. The molecule has 0 aliphatic heterocycles. The molecule has 0 aromatic heterocycles. The van der Waals surface area contributed by atoms with Crippen molar-refractivity contribution in [3.63, 3.8) is 0 Å². The molecule has 0 aliphatic carbocycles. The van der Waals surface area contributed by atoms with Crippen molar-refractivity contribution in [3.8, 4) is 5.75 Å². The average Bonchev–Trinajstić information content (AvgIpc) is 2.48. The van der Waals surface area contributed by atoms with Gasteiger partial charge in [0, 0.05) is 0 Å². The van der Waals surface area contributed by atoms with Gasteiger partial charge in [-0.1, -0.05) is 32.9 Å². The first-order chi connectivity index (χ1) is 9.44. The van der Waals surface area contributed by atoms with Crippen LogP contribution in [-0.4, -0.2) is 32.8 Å². The van der Waals surface area contributed by atoms with Crippen LogP contribution in [0.1, 0.15) is 32.8 Å². The molecule has 0 saturated heterocycles. The second-order valence-corrected chi connectivity index (χ2v) is 5.44. The number of rotatable bonds is 7. The summed E-state index contributed by atoms with van der Waals surface area (Å²) < 4.78 is 10.3. The van der Waals surface area contributed by atoms with Crippen molar-refractivity contribution >= 4 is 5.97 Å². The quantitative estimate of drug-likeness (QED) is 0.779. The van der Waals surface area contributed by atoms with E-state index in [1.807, 2.05) is 12.1 Å². The first-order valence-corrected chi connectivity index (χ1v) is 6.93. The lowest BCUT2D eigenvalue weighted by atomic mass is 9.82. The van der Waals surface area contributed by atoms with Gasteiger partial charge in [0.1, 0.15) is 18.4 Å². The van der Waals surface area contributed by atoms with Gasteiger partial charge in [-0.3, -0.25) is 4.79 Å². The maximum Gasteiger partial charge on any atom is 0.326 e. The van der Waals surface area contributed by atoms with E-state index in [9.17, 15) is 4.79 Å². The molecule has 4 nitrogen and oxygen atoms in total. The van der Waals surface area contributed by atoms with E-state index in [0.29, 0.717) is 0 Å². The number of carbonyl (C=O) groups excluding carboxylic acids is 1. The number of methoxy groups -OCH3 is 1. The first-order valence-electron chi connectivity index (χ1n) is 6.93. The van der Waals surface area contributed by atoms with Crippen LogP contribution < -0.4 is 10.1 Å². The van der Waals surface area contributed by atoms with Crippen LogP contribution in [-0.2, 0) is 14.9 Å². The number of ether oxygens (including phenoxy) is 2. The summed E-state index contributed by atoms with van der Waals surface area (Å²) in [5.74, 6) is 0.432. The van der Waals surface area contributed by atoms with E-state index in [-0.39, 0.29) is 18.0 Å². The molecule has 4 heteroatoms. The Morgan fingerprint density at radius 1 is 1.30 bits per heavy atom. The molecule has 112 valence electrons. The fourth-order valence-corrected chi connectivity index (χ4v) is 1.80. The Hall–Kier alpha value is -1.55. The Kier molecular flexibility index (Phi) is 6.02. The third-order valence-electron chi connectivity index (χ3n) is 3.77. The number of likely N-dealkylation sites (N-methyl/N-ethyl adjacent to an activating group) is 1. The van der Waals surface area contributed by atoms with Crippen molar-refractivity contribution in [1.82, 2.24) is 5.32 Å². The van der Waals surface area contributed by atoms with Gasteiger partial charge < -0.3 is 14.8 Å². The lowest BCUT2D eigenvalue weighted by molar-refractivity contribution is -0.143.